The topological polar surface area (TPSA) is 75.6 Å². The number of amides is 1. The molecule has 0 spiro atoms. The Labute approximate surface area is 96.5 Å². The molecular weight excluding hydrogens is 229 g/mol. The second-order valence-corrected chi connectivity index (χ2v) is 3.01. The first-order chi connectivity index (χ1) is 8.04. The zero-order valence-corrected chi connectivity index (χ0v) is 8.77. The summed E-state index contributed by atoms with van der Waals surface area (Å²) in [6.45, 7) is 3.38. The number of carboxylic acids is 1. The molecule has 6 heteroatoms. The third kappa shape index (κ3) is 3.60. The Morgan fingerprint density at radius 2 is 2.24 bits per heavy atom. The number of nitrogens with one attached hydrogen (secondary N) is 1. The lowest BCUT2D eigenvalue weighted by molar-refractivity contribution is 0.0692. The highest BCUT2D eigenvalue weighted by Crippen LogP contribution is 2.14. The van der Waals surface area contributed by atoms with Crippen molar-refractivity contribution in [1.82, 2.24) is 0 Å². The van der Waals surface area contributed by atoms with Crippen molar-refractivity contribution >= 4 is 17.7 Å². The largest absolute Gasteiger partial charge is 0.478 e. The first kappa shape index (κ1) is 12.7. The number of aromatic carboxylic acids is 1. The molecule has 0 saturated carbocycles. The van der Waals surface area contributed by atoms with Crippen LogP contribution in [0, 0.1) is 5.82 Å². The molecule has 0 radical (unpaired) electrons. The van der Waals surface area contributed by atoms with Gasteiger partial charge in [-0.25, -0.2) is 14.0 Å². The van der Waals surface area contributed by atoms with Crippen LogP contribution >= 0.6 is 0 Å². The predicted molar refractivity (Wildman–Crippen MR) is 58.5 cm³/mol. The molecule has 0 aromatic heterocycles. The van der Waals surface area contributed by atoms with E-state index in [1.54, 1.807) is 0 Å². The van der Waals surface area contributed by atoms with Crippen molar-refractivity contribution in [2.45, 2.75) is 0 Å². The van der Waals surface area contributed by atoms with Gasteiger partial charge in [-0.3, -0.25) is 5.32 Å². The number of halogens is 1. The third-order valence-electron chi connectivity index (χ3n) is 1.78. The highest BCUT2D eigenvalue weighted by molar-refractivity contribution is 5.90. The summed E-state index contributed by atoms with van der Waals surface area (Å²) in [5.41, 5.74) is -0.350. The summed E-state index contributed by atoms with van der Waals surface area (Å²) >= 11 is 0. The van der Waals surface area contributed by atoms with Crippen LogP contribution in [0.15, 0.2) is 30.9 Å². The van der Waals surface area contributed by atoms with Crippen molar-refractivity contribution in [3.63, 3.8) is 0 Å². The van der Waals surface area contributed by atoms with Gasteiger partial charge in [0, 0.05) is 5.69 Å². The molecule has 1 amide bonds. The number of ether oxygens (including phenoxy) is 1. The molecule has 90 valence electrons. The number of benzene rings is 1. The minimum atomic E-state index is -1.37. The van der Waals surface area contributed by atoms with Crippen molar-refractivity contribution in [1.29, 1.82) is 0 Å². The van der Waals surface area contributed by atoms with E-state index in [0.29, 0.717) is 0 Å². The van der Waals surface area contributed by atoms with Gasteiger partial charge in [-0.2, -0.15) is 0 Å². The third-order valence-corrected chi connectivity index (χ3v) is 1.78. The Kier molecular flexibility index (Phi) is 4.21. The standard InChI is InChI=1S/C11H10FNO4/c1-2-5-17-11(16)13-7-3-4-8(10(14)15)9(12)6-7/h2-4,6H,1,5H2,(H,13,16)(H,14,15). The molecule has 5 nitrogen and oxygen atoms in total. The van der Waals surface area contributed by atoms with Crippen molar-refractivity contribution in [3.05, 3.63) is 42.2 Å². The summed E-state index contributed by atoms with van der Waals surface area (Å²) in [5.74, 6) is -2.30. The fraction of sp³-hybridized carbons (Fsp3) is 0.0909. The molecule has 0 aliphatic carbocycles. The zero-order valence-electron chi connectivity index (χ0n) is 8.77. The summed E-state index contributed by atoms with van der Waals surface area (Å²) in [5, 5.41) is 10.8. The van der Waals surface area contributed by atoms with Gasteiger partial charge in [-0.15, -0.1) is 0 Å². The van der Waals surface area contributed by atoms with Gasteiger partial charge in [0.15, 0.2) is 0 Å². The average molecular weight is 239 g/mol. The SMILES string of the molecule is C=CCOC(=O)Nc1ccc(C(=O)O)c(F)c1. The van der Waals surface area contributed by atoms with Crippen LogP contribution in [0.25, 0.3) is 0 Å². The lowest BCUT2D eigenvalue weighted by atomic mass is 10.2. The first-order valence-corrected chi connectivity index (χ1v) is 4.62. The van der Waals surface area contributed by atoms with E-state index in [1.807, 2.05) is 0 Å². The number of hydrogen-bond donors (Lipinski definition) is 2. The molecule has 0 atom stereocenters. The summed E-state index contributed by atoms with van der Waals surface area (Å²) in [4.78, 5) is 21.6. The van der Waals surface area contributed by atoms with Crippen LogP contribution < -0.4 is 5.32 Å². The Bertz CT molecular complexity index is 459. The Hall–Kier alpha value is -2.37. The van der Waals surface area contributed by atoms with Crippen LogP contribution in [0.3, 0.4) is 0 Å². The second kappa shape index (κ2) is 5.64. The van der Waals surface area contributed by atoms with E-state index < -0.39 is 23.4 Å². The van der Waals surface area contributed by atoms with E-state index in [0.717, 1.165) is 12.1 Å². The molecule has 2 N–H and O–H groups in total. The van der Waals surface area contributed by atoms with Crippen LogP contribution in [0.2, 0.25) is 0 Å². The maximum absolute atomic E-state index is 13.2. The van der Waals surface area contributed by atoms with E-state index in [2.05, 4.69) is 16.6 Å². The first-order valence-electron chi connectivity index (χ1n) is 4.62. The summed E-state index contributed by atoms with van der Waals surface area (Å²) in [6.07, 6.45) is 0.612. The summed E-state index contributed by atoms with van der Waals surface area (Å²) in [7, 11) is 0. The molecule has 0 fully saturated rings. The minimum Gasteiger partial charge on any atom is -0.478 e. The quantitative estimate of drug-likeness (QED) is 0.790. The monoisotopic (exact) mass is 239 g/mol. The Balaban J connectivity index is 2.74. The highest BCUT2D eigenvalue weighted by atomic mass is 19.1. The van der Waals surface area contributed by atoms with E-state index in [4.69, 9.17) is 5.11 Å². The van der Waals surface area contributed by atoms with E-state index in [9.17, 15) is 14.0 Å². The maximum atomic E-state index is 13.2. The molecule has 17 heavy (non-hydrogen) atoms. The molecule has 1 aromatic rings. The van der Waals surface area contributed by atoms with Crippen molar-refractivity contribution in [3.8, 4) is 0 Å². The molecular formula is C11H10FNO4. The van der Waals surface area contributed by atoms with Crippen LogP contribution in [0.1, 0.15) is 10.4 Å². The van der Waals surface area contributed by atoms with Crippen LogP contribution in [-0.2, 0) is 4.74 Å². The second-order valence-electron chi connectivity index (χ2n) is 3.01. The van der Waals surface area contributed by atoms with Gasteiger partial charge in [-0.1, -0.05) is 12.7 Å². The molecule has 0 aliphatic rings. The lowest BCUT2D eigenvalue weighted by Crippen LogP contribution is -2.14. The fourth-order valence-corrected chi connectivity index (χ4v) is 1.05. The number of anilines is 1. The number of rotatable bonds is 4. The molecule has 1 rings (SSSR count). The average Bonchev–Trinajstić information content (AvgIpc) is 2.26. The summed E-state index contributed by atoms with van der Waals surface area (Å²) < 4.78 is 17.8. The van der Waals surface area contributed by atoms with Crippen molar-refractivity contribution < 1.29 is 23.8 Å². The van der Waals surface area contributed by atoms with Crippen LogP contribution in [-0.4, -0.2) is 23.8 Å². The molecule has 0 saturated heterocycles. The van der Waals surface area contributed by atoms with E-state index in [1.165, 1.54) is 12.1 Å². The Morgan fingerprint density at radius 3 is 2.76 bits per heavy atom. The molecule has 0 aliphatic heterocycles. The van der Waals surface area contributed by atoms with Gasteiger partial charge in [0.2, 0.25) is 0 Å². The van der Waals surface area contributed by atoms with Gasteiger partial charge in [0.1, 0.15) is 12.4 Å². The van der Waals surface area contributed by atoms with Crippen LogP contribution in [0.5, 0.6) is 0 Å². The zero-order chi connectivity index (χ0) is 12.8. The summed E-state index contributed by atoms with van der Waals surface area (Å²) in [6, 6.07) is 3.22. The number of carbonyl (C=O) groups excluding carboxylic acids is 1. The maximum Gasteiger partial charge on any atom is 0.411 e. The van der Waals surface area contributed by atoms with Crippen molar-refractivity contribution in [2.75, 3.05) is 11.9 Å². The fourth-order valence-electron chi connectivity index (χ4n) is 1.05. The van der Waals surface area contributed by atoms with Gasteiger partial charge in [0.05, 0.1) is 5.56 Å². The number of carbonyl (C=O) groups is 2. The number of carboxylic acid groups (broad SMARTS) is 1. The van der Waals surface area contributed by atoms with Gasteiger partial charge >= 0.3 is 12.1 Å². The van der Waals surface area contributed by atoms with Gasteiger partial charge in [-0.05, 0) is 18.2 Å². The smallest absolute Gasteiger partial charge is 0.411 e. The Morgan fingerprint density at radius 1 is 1.53 bits per heavy atom. The van der Waals surface area contributed by atoms with Gasteiger partial charge < -0.3 is 9.84 Å². The normalized spacial score (nSPS) is 9.47. The number of hydrogen-bond acceptors (Lipinski definition) is 3. The van der Waals surface area contributed by atoms with Crippen LogP contribution in [0.4, 0.5) is 14.9 Å². The van der Waals surface area contributed by atoms with Crippen molar-refractivity contribution in [2.24, 2.45) is 0 Å². The molecule has 0 bridgehead atoms. The highest BCUT2D eigenvalue weighted by Gasteiger charge is 2.11. The molecule has 1 aromatic carbocycles. The minimum absolute atomic E-state index is 0.0293. The lowest BCUT2D eigenvalue weighted by Gasteiger charge is -2.06. The van der Waals surface area contributed by atoms with E-state index >= 15 is 0 Å². The van der Waals surface area contributed by atoms with E-state index in [-0.39, 0.29) is 12.3 Å². The predicted octanol–water partition coefficient (Wildman–Crippen LogP) is 2.26. The molecule has 0 heterocycles. The van der Waals surface area contributed by atoms with Gasteiger partial charge in [0.25, 0.3) is 0 Å². The molecule has 0 unspecified atom stereocenters.